The van der Waals surface area contributed by atoms with Gasteiger partial charge in [-0.15, -0.1) is 0 Å². The highest BCUT2D eigenvalue weighted by molar-refractivity contribution is 6.11. The van der Waals surface area contributed by atoms with Gasteiger partial charge in [0.1, 0.15) is 12.1 Å². The largest absolute Gasteiger partial charge is 0.405 e. The first-order chi connectivity index (χ1) is 18.7. The van der Waals surface area contributed by atoms with Crippen LogP contribution in [0.5, 0.6) is 0 Å². The van der Waals surface area contributed by atoms with Crippen molar-refractivity contribution >= 4 is 23.9 Å². The van der Waals surface area contributed by atoms with Gasteiger partial charge in [0.2, 0.25) is 5.90 Å². The van der Waals surface area contributed by atoms with Gasteiger partial charge >= 0.3 is 5.97 Å². The molecule has 184 valence electrons. The van der Waals surface area contributed by atoms with Crippen molar-refractivity contribution in [1.29, 1.82) is 0 Å². The third-order valence-electron chi connectivity index (χ3n) is 7.69. The summed E-state index contributed by atoms with van der Waals surface area (Å²) in [5.41, 5.74) is 2.46. The minimum Gasteiger partial charge on any atom is -0.405 e. The molecule has 38 heavy (non-hydrogen) atoms. The molecule has 6 nitrogen and oxygen atoms in total. The fourth-order valence-electron chi connectivity index (χ4n) is 6.07. The Balaban J connectivity index is 1.52. The summed E-state index contributed by atoms with van der Waals surface area (Å²) in [6.07, 6.45) is 1.76. The monoisotopic (exact) mass is 497 g/mol. The zero-order valence-electron chi connectivity index (χ0n) is 20.3. The lowest BCUT2D eigenvalue weighted by atomic mass is 9.72. The van der Waals surface area contributed by atoms with Crippen molar-refractivity contribution in [3.05, 3.63) is 143 Å². The first kappa shape index (κ1) is 22.4. The second kappa shape index (κ2) is 8.63. The quantitative estimate of drug-likeness (QED) is 0.288. The van der Waals surface area contributed by atoms with Gasteiger partial charge in [-0.2, -0.15) is 5.10 Å². The number of cyclic esters (lactones) is 1. The van der Waals surface area contributed by atoms with E-state index in [-0.39, 0.29) is 11.7 Å². The van der Waals surface area contributed by atoms with Gasteiger partial charge in [0, 0.05) is 11.1 Å². The number of hydrogen-bond acceptors (Lipinski definition) is 6. The molecule has 4 aromatic carbocycles. The van der Waals surface area contributed by atoms with Crippen LogP contribution >= 0.6 is 0 Å². The molecule has 0 amide bonds. The topological polar surface area (TPSA) is 71.3 Å². The first-order valence-electron chi connectivity index (χ1n) is 12.6. The molecule has 0 unspecified atom stereocenters. The molecule has 0 aromatic heterocycles. The minimum absolute atomic E-state index is 0.117. The SMILES string of the molecule is O=C(c1ccccc1)[C@@H]1[C@H](c2ccccc2)[C@@]2(N=C(c3ccccc3)OC2=O)[C@@H]2c3ccccc3C=NN12. The van der Waals surface area contributed by atoms with E-state index in [9.17, 15) is 9.59 Å². The zero-order valence-corrected chi connectivity index (χ0v) is 20.3. The van der Waals surface area contributed by atoms with Gasteiger partial charge in [0.05, 0.1) is 12.1 Å². The molecule has 6 heteroatoms. The van der Waals surface area contributed by atoms with Gasteiger partial charge in [-0.25, -0.2) is 9.79 Å². The van der Waals surface area contributed by atoms with E-state index in [0.717, 1.165) is 16.7 Å². The van der Waals surface area contributed by atoms with E-state index < -0.39 is 29.5 Å². The first-order valence-corrected chi connectivity index (χ1v) is 12.6. The molecular weight excluding hydrogens is 474 g/mol. The van der Waals surface area contributed by atoms with Crippen LogP contribution < -0.4 is 0 Å². The Labute approximate surface area is 219 Å². The molecule has 0 saturated carbocycles. The summed E-state index contributed by atoms with van der Waals surface area (Å²) in [5.74, 6) is -0.973. The average molecular weight is 498 g/mol. The van der Waals surface area contributed by atoms with Gasteiger partial charge in [-0.05, 0) is 28.8 Å². The van der Waals surface area contributed by atoms with E-state index in [0.29, 0.717) is 11.1 Å². The minimum atomic E-state index is -1.42. The smallest absolute Gasteiger partial charge is 0.344 e. The molecule has 4 atom stereocenters. The maximum Gasteiger partial charge on any atom is 0.344 e. The molecular formula is C32H23N3O3. The molecule has 3 aliphatic heterocycles. The molecule has 3 aliphatic rings. The summed E-state index contributed by atoms with van der Waals surface area (Å²) in [4.78, 5) is 33.6. The highest BCUT2D eigenvalue weighted by atomic mass is 16.6. The number of Topliss-reactive ketones (excluding diaryl/α,β-unsaturated/α-hetero) is 1. The Bertz CT molecular complexity index is 1600. The number of ketones is 1. The van der Waals surface area contributed by atoms with E-state index in [4.69, 9.17) is 14.8 Å². The standard InChI is InChI=1S/C32H23N3O3/c36-28(22-14-6-2-7-15-22)27-26(21-12-4-1-5-13-21)32(29-25-19-11-10-18-24(25)20-33-35(27)29)31(37)38-30(34-32)23-16-8-3-9-17-23/h1-20,26-27,29H/t26-,27-,29-,32+/m0/s1. The Kier molecular flexibility index (Phi) is 5.08. The van der Waals surface area contributed by atoms with Crippen LogP contribution in [0.2, 0.25) is 0 Å². The highest BCUT2D eigenvalue weighted by Crippen LogP contribution is 2.58. The lowest BCUT2D eigenvalue weighted by molar-refractivity contribution is -0.140. The summed E-state index contributed by atoms with van der Waals surface area (Å²) >= 11 is 0. The maximum absolute atomic E-state index is 14.3. The number of ether oxygens (including phenoxy) is 1. The summed E-state index contributed by atoms with van der Waals surface area (Å²) in [6.45, 7) is 0. The number of nitrogens with zero attached hydrogens (tertiary/aromatic N) is 3. The Morgan fingerprint density at radius 3 is 2.16 bits per heavy atom. The predicted molar refractivity (Wildman–Crippen MR) is 144 cm³/mol. The fraction of sp³-hybridized carbons (Fsp3) is 0.125. The van der Waals surface area contributed by atoms with Gasteiger partial charge in [-0.3, -0.25) is 9.80 Å². The van der Waals surface area contributed by atoms with Crippen LogP contribution in [0.4, 0.5) is 0 Å². The predicted octanol–water partition coefficient (Wildman–Crippen LogP) is 5.17. The second-order valence-corrected chi connectivity index (χ2v) is 9.72. The number of fused-ring (bicyclic) bond motifs is 4. The number of benzene rings is 4. The van der Waals surface area contributed by atoms with Crippen molar-refractivity contribution in [2.24, 2.45) is 10.1 Å². The molecule has 0 radical (unpaired) electrons. The number of carbonyl (C=O) groups is 2. The van der Waals surface area contributed by atoms with Crippen molar-refractivity contribution in [3.63, 3.8) is 0 Å². The summed E-state index contributed by atoms with van der Waals surface area (Å²) in [5, 5.41) is 6.58. The number of rotatable bonds is 4. The summed E-state index contributed by atoms with van der Waals surface area (Å²) in [6, 6.07) is 34.7. The van der Waals surface area contributed by atoms with E-state index in [1.165, 1.54) is 0 Å². The van der Waals surface area contributed by atoms with Crippen molar-refractivity contribution in [2.75, 3.05) is 0 Å². The number of hydrogen-bond donors (Lipinski definition) is 0. The molecule has 1 fully saturated rings. The van der Waals surface area contributed by atoms with Crippen molar-refractivity contribution in [2.45, 2.75) is 23.5 Å². The summed E-state index contributed by atoms with van der Waals surface area (Å²) < 4.78 is 5.96. The van der Waals surface area contributed by atoms with Crippen LogP contribution in [0.25, 0.3) is 0 Å². The maximum atomic E-state index is 14.3. The van der Waals surface area contributed by atoms with E-state index >= 15 is 0 Å². The fourth-order valence-corrected chi connectivity index (χ4v) is 6.07. The second-order valence-electron chi connectivity index (χ2n) is 9.72. The molecule has 1 saturated heterocycles. The van der Waals surface area contributed by atoms with Crippen LogP contribution in [-0.4, -0.2) is 40.5 Å². The normalized spacial score (nSPS) is 25.1. The van der Waals surface area contributed by atoms with Crippen molar-refractivity contribution < 1.29 is 14.3 Å². The van der Waals surface area contributed by atoms with Crippen LogP contribution in [0.15, 0.2) is 125 Å². The van der Waals surface area contributed by atoms with E-state index in [2.05, 4.69) is 0 Å². The Morgan fingerprint density at radius 2 is 1.42 bits per heavy atom. The number of aliphatic imine (C=N–C) groups is 1. The van der Waals surface area contributed by atoms with Crippen molar-refractivity contribution in [3.8, 4) is 0 Å². The lowest BCUT2D eigenvalue weighted by Gasteiger charge is -2.34. The molecule has 7 rings (SSSR count). The zero-order chi connectivity index (χ0) is 25.7. The molecule has 0 aliphatic carbocycles. The van der Waals surface area contributed by atoms with Crippen molar-refractivity contribution in [1.82, 2.24) is 5.01 Å². The molecule has 0 N–H and O–H groups in total. The third-order valence-corrected chi connectivity index (χ3v) is 7.69. The molecule has 0 bridgehead atoms. The molecule has 4 aromatic rings. The van der Waals surface area contributed by atoms with Crippen LogP contribution in [-0.2, 0) is 9.53 Å². The Hall–Kier alpha value is -4.84. The molecule has 3 heterocycles. The number of hydrazone groups is 1. The highest BCUT2D eigenvalue weighted by Gasteiger charge is 2.70. The van der Waals surface area contributed by atoms with Gasteiger partial charge in [0.15, 0.2) is 11.3 Å². The van der Waals surface area contributed by atoms with Gasteiger partial charge in [-0.1, -0.05) is 103 Å². The third kappa shape index (κ3) is 3.20. The van der Waals surface area contributed by atoms with E-state index in [1.807, 2.05) is 103 Å². The summed E-state index contributed by atoms with van der Waals surface area (Å²) in [7, 11) is 0. The van der Waals surface area contributed by atoms with Gasteiger partial charge < -0.3 is 4.74 Å². The van der Waals surface area contributed by atoms with E-state index in [1.54, 1.807) is 23.4 Å². The molecule has 1 spiro atoms. The van der Waals surface area contributed by atoms with Crippen LogP contribution in [0, 0.1) is 0 Å². The lowest BCUT2D eigenvalue weighted by Crippen LogP contribution is -2.44. The Morgan fingerprint density at radius 1 is 0.789 bits per heavy atom. The number of esters is 1. The van der Waals surface area contributed by atoms with Crippen LogP contribution in [0.3, 0.4) is 0 Å². The van der Waals surface area contributed by atoms with Crippen LogP contribution in [0.1, 0.15) is 44.6 Å². The number of carbonyl (C=O) groups excluding carboxylic acids is 2. The average Bonchev–Trinajstić information content (AvgIpc) is 3.49. The van der Waals surface area contributed by atoms with Gasteiger partial charge in [0.25, 0.3) is 0 Å².